The highest BCUT2D eigenvalue weighted by Gasteiger charge is 2.23. The van der Waals surface area contributed by atoms with Crippen LogP contribution in [0.15, 0.2) is 58.8 Å². The molecule has 0 aliphatic carbocycles. The lowest BCUT2D eigenvalue weighted by molar-refractivity contribution is 0.102. The molecule has 2 heterocycles. The predicted octanol–water partition coefficient (Wildman–Crippen LogP) is 4.88. The molecule has 0 saturated heterocycles. The first-order chi connectivity index (χ1) is 15.3. The van der Waals surface area contributed by atoms with E-state index in [1.54, 1.807) is 26.0 Å². The number of fused-ring (bicyclic) bond motifs is 1. The summed E-state index contributed by atoms with van der Waals surface area (Å²) in [6.45, 7) is 6.30. The van der Waals surface area contributed by atoms with Crippen LogP contribution in [0, 0.1) is 6.92 Å². The Hall–Kier alpha value is -3.01. The second kappa shape index (κ2) is 8.85. The number of amides is 1. The highest BCUT2D eigenvalue weighted by molar-refractivity contribution is 7.89. The fourth-order valence-electron chi connectivity index (χ4n) is 3.73. The fourth-order valence-corrected chi connectivity index (χ4v) is 5.93. The van der Waals surface area contributed by atoms with Crippen LogP contribution in [0.4, 0.5) is 5.13 Å². The molecule has 9 heteroatoms. The topological polar surface area (TPSA) is 95.2 Å². The monoisotopic (exact) mass is 468 g/mol. The van der Waals surface area contributed by atoms with Gasteiger partial charge in [-0.3, -0.25) is 10.1 Å². The van der Waals surface area contributed by atoms with Crippen molar-refractivity contribution in [1.29, 1.82) is 0 Å². The zero-order valence-electron chi connectivity index (χ0n) is 18.0. The first-order valence-corrected chi connectivity index (χ1v) is 12.6. The van der Waals surface area contributed by atoms with Crippen molar-refractivity contribution in [3.63, 3.8) is 0 Å². The molecule has 4 aromatic rings. The summed E-state index contributed by atoms with van der Waals surface area (Å²) in [5, 5.41) is 6.22. The van der Waals surface area contributed by atoms with Gasteiger partial charge in [-0.25, -0.2) is 13.4 Å². The normalized spacial score (nSPS) is 11.9. The molecule has 0 saturated carbocycles. The van der Waals surface area contributed by atoms with E-state index < -0.39 is 15.9 Å². The van der Waals surface area contributed by atoms with Crippen molar-refractivity contribution >= 4 is 43.3 Å². The minimum Gasteiger partial charge on any atom is -0.358 e. The fraction of sp³-hybridized carbons (Fsp3) is 0.217. The van der Waals surface area contributed by atoms with Gasteiger partial charge in [0.15, 0.2) is 5.13 Å². The highest BCUT2D eigenvalue weighted by atomic mass is 32.2. The number of aromatic amines is 1. The number of anilines is 1. The number of nitrogens with one attached hydrogen (secondary N) is 2. The molecular weight excluding hydrogens is 444 g/mol. The Labute approximate surface area is 191 Å². The Morgan fingerprint density at radius 1 is 1.12 bits per heavy atom. The quantitative estimate of drug-likeness (QED) is 0.404. The number of H-pyrrole nitrogens is 1. The number of carbonyl (C=O) groups excluding carboxylic acids is 1. The van der Waals surface area contributed by atoms with Crippen molar-refractivity contribution in [2.24, 2.45) is 0 Å². The minimum absolute atomic E-state index is 0.100. The molecule has 1 amide bonds. The molecule has 0 unspecified atom stereocenters. The zero-order valence-corrected chi connectivity index (χ0v) is 19.7. The third-order valence-electron chi connectivity index (χ3n) is 5.31. The number of benzene rings is 2. The molecule has 0 aliphatic rings. The van der Waals surface area contributed by atoms with E-state index in [9.17, 15) is 13.2 Å². The predicted molar refractivity (Wildman–Crippen MR) is 129 cm³/mol. The van der Waals surface area contributed by atoms with Crippen molar-refractivity contribution in [2.45, 2.75) is 25.7 Å². The molecule has 2 aromatic carbocycles. The first kappa shape index (κ1) is 22.2. The molecule has 166 valence electrons. The van der Waals surface area contributed by atoms with E-state index in [1.165, 1.54) is 27.8 Å². The van der Waals surface area contributed by atoms with Crippen LogP contribution in [0.25, 0.3) is 22.2 Å². The van der Waals surface area contributed by atoms with Crippen LogP contribution in [-0.4, -0.2) is 41.7 Å². The van der Waals surface area contributed by atoms with Gasteiger partial charge in [0.2, 0.25) is 10.0 Å². The van der Waals surface area contributed by atoms with Crippen molar-refractivity contribution in [3.05, 3.63) is 65.2 Å². The molecule has 0 aliphatic heterocycles. The molecule has 0 fully saturated rings. The van der Waals surface area contributed by atoms with Gasteiger partial charge >= 0.3 is 0 Å². The number of carbonyl (C=O) groups is 1. The molecular formula is C23H24N4O3S2. The van der Waals surface area contributed by atoms with Gasteiger partial charge in [-0.1, -0.05) is 38.1 Å². The van der Waals surface area contributed by atoms with Crippen molar-refractivity contribution in [1.82, 2.24) is 14.3 Å². The summed E-state index contributed by atoms with van der Waals surface area (Å²) >= 11 is 1.33. The molecule has 0 radical (unpaired) electrons. The maximum Gasteiger partial charge on any atom is 0.257 e. The van der Waals surface area contributed by atoms with Gasteiger partial charge in [-0.2, -0.15) is 4.31 Å². The molecule has 7 nitrogen and oxygen atoms in total. The van der Waals surface area contributed by atoms with Crippen LogP contribution in [0.3, 0.4) is 0 Å². The molecule has 0 bridgehead atoms. The second-order valence-electron chi connectivity index (χ2n) is 7.28. The summed E-state index contributed by atoms with van der Waals surface area (Å²) in [7, 11) is -3.64. The van der Waals surface area contributed by atoms with Crippen LogP contribution < -0.4 is 5.32 Å². The van der Waals surface area contributed by atoms with E-state index >= 15 is 0 Å². The molecule has 4 rings (SSSR count). The number of rotatable bonds is 7. The zero-order chi connectivity index (χ0) is 22.9. The van der Waals surface area contributed by atoms with Crippen molar-refractivity contribution in [2.75, 3.05) is 18.4 Å². The number of aryl methyl sites for hydroxylation is 1. The average Bonchev–Trinajstić information content (AvgIpc) is 3.37. The Balaban J connectivity index is 1.58. The van der Waals surface area contributed by atoms with E-state index in [2.05, 4.69) is 15.3 Å². The van der Waals surface area contributed by atoms with E-state index in [1.807, 2.05) is 36.6 Å². The van der Waals surface area contributed by atoms with Gasteiger partial charge < -0.3 is 4.98 Å². The van der Waals surface area contributed by atoms with Crippen LogP contribution in [-0.2, 0) is 10.0 Å². The first-order valence-electron chi connectivity index (χ1n) is 10.3. The van der Waals surface area contributed by atoms with Crippen molar-refractivity contribution < 1.29 is 13.2 Å². The molecule has 0 atom stereocenters. The highest BCUT2D eigenvalue weighted by Crippen LogP contribution is 2.34. The smallest absolute Gasteiger partial charge is 0.257 e. The lowest BCUT2D eigenvalue weighted by atomic mass is 10.1. The van der Waals surface area contributed by atoms with Crippen LogP contribution >= 0.6 is 11.3 Å². The van der Waals surface area contributed by atoms with E-state index in [0.29, 0.717) is 18.2 Å². The average molecular weight is 469 g/mol. The number of aromatic nitrogens is 2. The Kier molecular flexibility index (Phi) is 6.14. The Morgan fingerprint density at radius 2 is 1.88 bits per heavy atom. The van der Waals surface area contributed by atoms with E-state index in [4.69, 9.17) is 0 Å². The Morgan fingerprint density at radius 3 is 2.62 bits per heavy atom. The summed E-state index contributed by atoms with van der Waals surface area (Å²) in [6, 6.07) is 14.1. The summed E-state index contributed by atoms with van der Waals surface area (Å²) in [6.07, 6.45) is 0. The number of para-hydroxylation sites is 1. The third-order valence-corrected chi connectivity index (χ3v) is 8.12. The van der Waals surface area contributed by atoms with Gasteiger partial charge in [0.05, 0.1) is 10.6 Å². The minimum atomic E-state index is -3.64. The van der Waals surface area contributed by atoms with Crippen LogP contribution in [0.2, 0.25) is 0 Å². The number of nitrogens with zero attached hydrogens (tertiary/aromatic N) is 2. The van der Waals surface area contributed by atoms with Gasteiger partial charge in [0, 0.05) is 46.2 Å². The third kappa shape index (κ3) is 4.06. The lowest BCUT2D eigenvalue weighted by Gasteiger charge is -2.18. The molecule has 2 aromatic heterocycles. The summed E-state index contributed by atoms with van der Waals surface area (Å²) in [5.41, 5.74) is 4.08. The lowest BCUT2D eigenvalue weighted by Crippen LogP contribution is -2.30. The number of hydrogen-bond acceptors (Lipinski definition) is 5. The van der Waals surface area contributed by atoms with Crippen LogP contribution in [0.1, 0.15) is 29.9 Å². The largest absolute Gasteiger partial charge is 0.358 e. The molecule has 0 spiro atoms. The number of thiazole rings is 1. The van der Waals surface area contributed by atoms with Gasteiger partial charge in [0.25, 0.3) is 5.91 Å². The second-order valence-corrected chi connectivity index (χ2v) is 10.1. The molecule has 32 heavy (non-hydrogen) atoms. The van der Waals surface area contributed by atoms with Gasteiger partial charge in [0.1, 0.15) is 0 Å². The SMILES string of the molecule is CCN(CC)S(=O)(=O)c1cccc(C(=O)Nc2nc(-c3c(C)[nH]c4ccccc34)cs2)c1. The standard InChI is InChI=1S/C23H24N4O3S2/c1-4-27(5-2)32(29,30)17-10-8-9-16(13-17)22(28)26-23-25-20(14-31-23)21-15(3)24-19-12-7-6-11-18(19)21/h6-14,24H,4-5H2,1-3H3,(H,25,26,28). The summed E-state index contributed by atoms with van der Waals surface area (Å²) in [5.74, 6) is -0.404. The van der Waals surface area contributed by atoms with Crippen LogP contribution in [0.5, 0.6) is 0 Å². The maximum atomic E-state index is 12.8. The van der Waals surface area contributed by atoms with Crippen molar-refractivity contribution in [3.8, 4) is 11.3 Å². The van der Waals surface area contributed by atoms with E-state index in [-0.39, 0.29) is 10.5 Å². The number of sulfonamides is 1. The summed E-state index contributed by atoms with van der Waals surface area (Å²) in [4.78, 5) is 20.9. The maximum absolute atomic E-state index is 12.8. The molecule has 2 N–H and O–H groups in total. The summed E-state index contributed by atoms with van der Waals surface area (Å²) < 4.78 is 26.9. The van der Waals surface area contributed by atoms with E-state index in [0.717, 1.165) is 27.9 Å². The Bertz CT molecular complexity index is 1390. The van der Waals surface area contributed by atoms with Gasteiger partial charge in [-0.15, -0.1) is 11.3 Å². The number of hydrogen-bond donors (Lipinski definition) is 2. The van der Waals surface area contributed by atoms with Gasteiger partial charge in [-0.05, 0) is 31.2 Å².